The lowest BCUT2D eigenvalue weighted by Gasteiger charge is -2.17. The lowest BCUT2D eigenvalue weighted by molar-refractivity contribution is -0.153. The number of ether oxygens (including phenoxy) is 1. The summed E-state index contributed by atoms with van der Waals surface area (Å²) in [5.41, 5.74) is 7.62. The number of hydrogen-bond acceptors (Lipinski definition) is 5. The van der Waals surface area contributed by atoms with Gasteiger partial charge in [0.25, 0.3) is 5.91 Å². The summed E-state index contributed by atoms with van der Waals surface area (Å²) in [5.74, 6) is -1.25. The van der Waals surface area contributed by atoms with E-state index in [1.165, 1.54) is 6.92 Å². The maximum absolute atomic E-state index is 11.3. The number of fused-ring (bicyclic) bond motifs is 1. The predicted octanol–water partition coefficient (Wildman–Crippen LogP) is 0.730. The van der Waals surface area contributed by atoms with Crippen LogP contribution in [-0.2, 0) is 20.9 Å². The van der Waals surface area contributed by atoms with E-state index in [1.54, 1.807) is 24.5 Å². The maximum Gasteiger partial charge on any atom is 0.303 e. The molecular weight excluding hydrogens is 234 g/mol. The molecule has 0 saturated heterocycles. The molecule has 0 spiro atoms. The van der Waals surface area contributed by atoms with Gasteiger partial charge in [0.05, 0.1) is 12.9 Å². The average molecular weight is 247 g/mol. The van der Waals surface area contributed by atoms with Crippen molar-refractivity contribution in [2.45, 2.75) is 19.6 Å². The van der Waals surface area contributed by atoms with Crippen molar-refractivity contribution in [2.75, 3.05) is 5.32 Å². The number of hydrogen-bond donors (Lipinski definition) is 2. The standard InChI is InChI=1S/C12H13N3O3/c1-7(16)18-11(12(13)17)8-2-3-10-9(4-8)5-14-6-15-10/h2-4,6,11H,5H2,1H3,(H2,13,17)(H,14,15). The van der Waals surface area contributed by atoms with Crippen molar-refractivity contribution in [3.63, 3.8) is 0 Å². The van der Waals surface area contributed by atoms with Crippen LogP contribution in [0.1, 0.15) is 24.2 Å². The number of amides is 1. The van der Waals surface area contributed by atoms with E-state index in [0.29, 0.717) is 12.1 Å². The zero-order valence-electron chi connectivity index (χ0n) is 9.84. The fourth-order valence-electron chi connectivity index (χ4n) is 1.76. The number of carbonyl (C=O) groups is 2. The summed E-state index contributed by atoms with van der Waals surface area (Å²) in [4.78, 5) is 26.3. The summed E-state index contributed by atoms with van der Waals surface area (Å²) in [6.07, 6.45) is 0.554. The minimum atomic E-state index is -1.06. The lowest BCUT2D eigenvalue weighted by Crippen LogP contribution is -2.25. The van der Waals surface area contributed by atoms with E-state index in [2.05, 4.69) is 10.3 Å². The fourth-order valence-corrected chi connectivity index (χ4v) is 1.76. The Bertz CT molecular complexity index is 525. The number of carbonyl (C=O) groups excluding carboxylic acids is 2. The van der Waals surface area contributed by atoms with Crippen LogP contribution in [-0.4, -0.2) is 18.2 Å². The largest absolute Gasteiger partial charge is 0.447 e. The van der Waals surface area contributed by atoms with E-state index in [9.17, 15) is 9.59 Å². The van der Waals surface area contributed by atoms with Crippen molar-refractivity contribution in [1.29, 1.82) is 0 Å². The van der Waals surface area contributed by atoms with Gasteiger partial charge in [0.15, 0.2) is 0 Å². The Hall–Kier alpha value is -2.37. The highest BCUT2D eigenvalue weighted by molar-refractivity contribution is 5.84. The molecule has 1 aliphatic rings. The molecule has 1 unspecified atom stereocenters. The molecule has 0 radical (unpaired) electrons. The number of aliphatic imine (C=N–C) groups is 1. The second-order valence-electron chi connectivity index (χ2n) is 3.92. The van der Waals surface area contributed by atoms with Crippen LogP contribution in [0, 0.1) is 0 Å². The van der Waals surface area contributed by atoms with Gasteiger partial charge < -0.3 is 15.8 Å². The van der Waals surface area contributed by atoms with Gasteiger partial charge in [0, 0.05) is 18.2 Å². The molecule has 1 aromatic rings. The van der Waals surface area contributed by atoms with Crippen molar-refractivity contribution in [3.05, 3.63) is 29.3 Å². The highest BCUT2D eigenvalue weighted by Crippen LogP contribution is 2.25. The smallest absolute Gasteiger partial charge is 0.303 e. The first-order valence-electron chi connectivity index (χ1n) is 5.42. The zero-order valence-corrected chi connectivity index (χ0v) is 9.84. The highest BCUT2D eigenvalue weighted by atomic mass is 16.5. The number of nitrogens with zero attached hydrogens (tertiary/aromatic N) is 1. The van der Waals surface area contributed by atoms with Crippen LogP contribution in [0.15, 0.2) is 23.2 Å². The minimum absolute atomic E-state index is 0.516. The molecule has 1 atom stereocenters. The molecule has 0 bridgehead atoms. The Morgan fingerprint density at radius 1 is 1.50 bits per heavy atom. The second kappa shape index (κ2) is 4.87. The van der Waals surface area contributed by atoms with Crippen LogP contribution in [0.2, 0.25) is 0 Å². The predicted molar refractivity (Wildman–Crippen MR) is 66.0 cm³/mol. The number of primary amides is 1. The molecule has 1 heterocycles. The molecule has 94 valence electrons. The zero-order chi connectivity index (χ0) is 13.1. The number of rotatable bonds is 3. The van der Waals surface area contributed by atoms with Gasteiger partial charge in [-0.25, -0.2) is 0 Å². The normalized spacial score (nSPS) is 14.3. The van der Waals surface area contributed by atoms with E-state index in [0.717, 1.165) is 11.3 Å². The van der Waals surface area contributed by atoms with Crippen molar-refractivity contribution in [1.82, 2.24) is 0 Å². The van der Waals surface area contributed by atoms with Crippen LogP contribution in [0.3, 0.4) is 0 Å². The Labute approximate surface area is 104 Å². The first kappa shape index (κ1) is 12.1. The van der Waals surface area contributed by atoms with Gasteiger partial charge in [-0.1, -0.05) is 6.07 Å². The molecule has 1 aromatic carbocycles. The first-order valence-corrected chi connectivity index (χ1v) is 5.42. The Morgan fingerprint density at radius 2 is 2.28 bits per heavy atom. The SMILES string of the molecule is CC(=O)OC(C(N)=O)c1ccc2c(c1)CN=CN2. The molecule has 1 amide bonds. The Kier molecular flexibility index (Phi) is 3.27. The summed E-state index contributed by atoms with van der Waals surface area (Å²) >= 11 is 0. The van der Waals surface area contributed by atoms with E-state index >= 15 is 0 Å². The number of nitrogens with two attached hydrogens (primary N) is 1. The molecule has 3 N–H and O–H groups in total. The number of nitrogens with one attached hydrogen (secondary N) is 1. The van der Waals surface area contributed by atoms with Crippen molar-refractivity contribution in [3.8, 4) is 0 Å². The second-order valence-corrected chi connectivity index (χ2v) is 3.92. The van der Waals surface area contributed by atoms with Gasteiger partial charge in [-0.05, 0) is 17.7 Å². The number of esters is 1. The quantitative estimate of drug-likeness (QED) is 0.770. The molecule has 6 nitrogen and oxygen atoms in total. The third-order valence-corrected chi connectivity index (χ3v) is 2.55. The highest BCUT2D eigenvalue weighted by Gasteiger charge is 2.22. The van der Waals surface area contributed by atoms with Crippen LogP contribution in [0.25, 0.3) is 0 Å². The van der Waals surface area contributed by atoms with Crippen LogP contribution >= 0.6 is 0 Å². The van der Waals surface area contributed by atoms with Gasteiger partial charge in [-0.15, -0.1) is 0 Å². The molecule has 0 saturated carbocycles. The van der Waals surface area contributed by atoms with Crippen molar-refractivity contribution in [2.24, 2.45) is 10.7 Å². The van der Waals surface area contributed by atoms with Crippen LogP contribution < -0.4 is 11.1 Å². The monoisotopic (exact) mass is 247 g/mol. The average Bonchev–Trinajstić information content (AvgIpc) is 2.35. The molecule has 2 rings (SSSR count). The van der Waals surface area contributed by atoms with Crippen LogP contribution in [0.4, 0.5) is 5.69 Å². The summed E-state index contributed by atoms with van der Waals surface area (Å²) < 4.78 is 4.92. The van der Waals surface area contributed by atoms with Gasteiger partial charge in [0.2, 0.25) is 6.10 Å². The maximum atomic E-state index is 11.3. The van der Waals surface area contributed by atoms with Gasteiger partial charge in [-0.2, -0.15) is 0 Å². The van der Waals surface area contributed by atoms with E-state index < -0.39 is 18.0 Å². The summed E-state index contributed by atoms with van der Waals surface area (Å²) in [5, 5.41) is 2.98. The summed E-state index contributed by atoms with van der Waals surface area (Å²) in [6.45, 7) is 1.75. The van der Waals surface area contributed by atoms with Gasteiger partial charge >= 0.3 is 5.97 Å². The molecule has 0 aliphatic carbocycles. The van der Waals surface area contributed by atoms with E-state index in [1.807, 2.05) is 0 Å². The third-order valence-electron chi connectivity index (χ3n) is 2.55. The number of benzene rings is 1. The third kappa shape index (κ3) is 2.48. The first-order chi connectivity index (χ1) is 8.58. The van der Waals surface area contributed by atoms with Crippen molar-refractivity contribution >= 4 is 23.9 Å². The molecule has 0 fully saturated rings. The Morgan fingerprint density at radius 3 is 2.94 bits per heavy atom. The molecule has 6 heteroatoms. The van der Waals surface area contributed by atoms with E-state index in [4.69, 9.17) is 10.5 Å². The summed E-state index contributed by atoms with van der Waals surface area (Å²) in [7, 11) is 0. The van der Waals surface area contributed by atoms with Crippen LogP contribution in [0.5, 0.6) is 0 Å². The molecule has 18 heavy (non-hydrogen) atoms. The van der Waals surface area contributed by atoms with Gasteiger partial charge in [-0.3, -0.25) is 14.6 Å². The molecular formula is C12H13N3O3. The van der Waals surface area contributed by atoms with Gasteiger partial charge in [0.1, 0.15) is 0 Å². The molecule has 1 aliphatic heterocycles. The molecule has 0 aromatic heterocycles. The van der Waals surface area contributed by atoms with Crippen molar-refractivity contribution < 1.29 is 14.3 Å². The Balaban J connectivity index is 2.31. The minimum Gasteiger partial charge on any atom is -0.447 e. The fraction of sp³-hybridized carbons (Fsp3) is 0.250. The lowest BCUT2D eigenvalue weighted by atomic mass is 10.0. The summed E-state index contributed by atoms with van der Waals surface area (Å²) in [6, 6.07) is 5.26. The topological polar surface area (TPSA) is 93.8 Å². The number of anilines is 1. The van der Waals surface area contributed by atoms with E-state index in [-0.39, 0.29) is 0 Å².